The fourth-order valence-electron chi connectivity index (χ4n) is 2.26. The summed E-state index contributed by atoms with van der Waals surface area (Å²) in [6.45, 7) is 4.44. The molecule has 0 fully saturated rings. The van der Waals surface area contributed by atoms with Crippen LogP contribution in [-0.4, -0.2) is 21.7 Å². The van der Waals surface area contributed by atoms with Crippen LogP contribution in [0.25, 0.3) is 11.1 Å². The lowest BCUT2D eigenvalue weighted by molar-refractivity contribution is 0.0488. The number of aromatic amines is 1. The number of aromatic hydroxyl groups is 1. The van der Waals surface area contributed by atoms with E-state index in [-0.39, 0.29) is 23.1 Å². The third-order valence-corrected chi connectivity index (χ3v) is 3.20. The van der Waals surface area contributed by atoms with Crippen molar-refractivity contribution < 1.29 is 9.84 Å². The summed E-state index contributed by atoms with van der Waals surface area (Å²) in [7, 11) is 0. The minimum atomic E-state index is -0.357. The van der Waals surface area contributed by atoms with Gasteiger partial charge in [-0.15, -0.1) is 0 Å². The molecule has 0 aliphatic heterocycles. The highest BCUT2D eigenvalue weighted by atomic mass is 16.5. The molecule has 21 heavy (non-hydrogen) atoms. The first-order valence-corrected chi connectivity index (χ1v) is 7.17. The van der Waals surface area contributed by atoms with Crippen molar-refractivity contribution in [1.82, 2.24) is 9.97 Å². The second kappa shape index (κ2) is 7.04. The van der Waals surface area contributed by atoms with Crippen molar-refractivity contribution in [2.75, 3.05) is 6.61 Å². The Labute approximate surface area is 123 Å². The molecule has 2 rings (SSSR count). The first kappa shape index (κ1) is 15.3. The van der Waals surface area contributed by atoms with Gasteiger partial charge in [0.25, 0.3) is 5.56 Å². The van der Waals surface area contributed by atoms with E-state index in [4.69, 9.17) is 4.74 Å². The van der Waals surface area contributed by atoms with Crippen LogP contribution in [0.5, 0.6) is 5.88 Å². The minimum Gasteiger partial charge on any atom is -0.493 e. The maximum atomic E-state index is 12.3. The quantitative estimate of drug-likeness (QED) is 0.856. The Kier molecular flexibility index (Phi) is 5.11. The molecule has 2 aromatic rings. The number of nitrogens with one attached hydrogen (secondary N) is 1. The summed E-state index contributed by atoms with van der Waals surface area (Å²) in [5.41, 5.74) is 0.467. The Balaban J connectivity index is 2.44. The molecule has 5 heteroatoms. The van der Waals surface area contributed by atoms with Gasteiger partial charge in [0.15, 0.2) is 0 Å². The molecule has 1 aromatic heterocycles. The van der Waals surface area contributed by atoms with Gasteiger partial charge in [0.05, 0.1) is 0 Å². The molecule has 1 aromatic carbocycles. The van der Waals surface area contributed by atoms with Gasteiger partial charge in [-0.05, 0) is 18.9 Å². The van der Waals surface area contributed by atoms with Crippen molar-refractivity contribution >= 4 is 0 Å². The molecule has 2 N–H and O–H groups in total. The normalized spacial score (nSPS) is 12.3. The molecule has 5 nitrogen and oxygen atoms in total. The van der Waals surface area contributed by atoms with E-state index in [1.165, 1.54) is 0 Å². The highest BCUT2D eigenvalue weighted by Gasteiger charge is 2.18. The molecule has 0 saturated heterocycles. The Morgan fingerprint density at radius 1 is 1.29 bits per heavy atom. The molecule has 1 heterocycles. The van der Waals surface area contributed by atoms with Crippen LogP contribution in [-0.2, 0) is 4.74 Å². The lowest BCUT2D eigenvalue weighted by atomic mass is 10.1. The molecule has 0 bridgehead atoms. The van der Waals surface area contributed by atoms with E-state index in [1.54, 1.807) is 12.1 Å². The van der Waals surface area contributed by atoms with Gasteiger partial charge in [-0.1, -0.05) is 43.7 Å². The summed E-state index contributed by atoms with van der Waals surface area (Å²) in [6.07, 6.45) is 1.33. The molecule has 0 amide bonds. The second-order valence-electron chi connectivity index (χ2n) is 4.75. The van der Waals surface area contributed by atoms with Gasteiger partial charge in [0.1, 0.15) is 17.5 Å². The summed E-state index contributed by atoms with van der Waals surface area (Å²) in [4.78, 5) is 19.1. The molecule has 1 atom stereocenters. The largest absolute Gasteiger partial charge is 0.493 e. The SMILES string of the molecule is CCCC(OCC)c1nc(O)c(-c2ccccc2)c(=O)[nH]1. The third kappa shape index (κ3) is 3.49. The number of hydrogen-bond acceptors (Lipinski definition) is 4. The molecule has 0 radical (unpaired) electrons. The predicted molar refractivity (Wildman–Crippen MR) is 81.2 cm³/mol. The topological polar surface area (TPSA) is 75.2 Å². The van der Waals surface area contributed by atoms with Crippen molar-refractivity contribution in [1.29, 1.82) is 0 Å². The summed E-state index contributed by atoms with van der Waals surface area (Å²) >= 11 is 0. The number of benzene rings is 1. The first-order valence-electron chi connectivity index (χ1n) is 7.17. The Morgan fingerprint density at radius 3 is 2.57 bits per heavy atom. The van der Waals surface area contributed by atoms with Crippen molar-refractivity contribution in [2.24, 2.45) is 0 Å². The Bertz CT molecular complexity index is 632. The molecule has 0 aliphatic rings. The second-order valence-corrected chi connectivity index (χ2v) is 4.75. The lowest BCUT2D eigenvalue weighted by Crippen LogP contribution is -2.18. The van der Waals surface area contributed by atoms with Gasteiger partial charge in [0, 0.05) is 6.61 Å². The predicted octanol–water partition coefficient (Wildman–Crippen LogP) is 3.02. The monoisotopic (exact) mass is 288 g/mol. The number of nitrogens with zero attached hydrogens (tertiary/aromatic N) is 1. The highest BCUT2D eigenvalue weighted by molar-refractivity contribution is 5.66. The van der Waals surface area contributed by atoms with E-state index < -0.39 is 0 Å². The third-order valence-electron chi connectivity index (χ3n) is 3.20. The molecule has 0 spiro atoms. The van der Waals surface area contributed by atoms with Crippen molar-refractivity contribution in [2.45, 2.75) is 32.8 Å². The zero-order valence-electron chi connectivity index (χ0n) is 12.3. The van der Waals surface area contributed by atoms with Crippen molar-refractivity contribution in [3.8, 4) is 17.0 Å². The fraction of sp³-hybridized carbons (Fsp3) is 0.375. The van der Waals surface area contributed by atoms with Gasteiger partial charge in [-0.3, -0.25) is 4.79 Å². The molecular formula is C16H20N2O3. The van der Waals surface area contributed by atoms with E-state index >= 15 is 0 Å². The van der Waals surface area contributed by atoms with Crippen LogP contribution in [0.3, 0.4) is 0 Å². The maximum Gasteiger partial charge on any atom is 0.262 e. The average Bonchev–Trinajstić information content (AvgIpc) is 2.47. The van der Waals surface area contributed by atoms with Gasteiger partial charge in [0.2, 0.25) is 5.88 Å². The number of hydrogen-bond donors (Lipinski definition) is 2. The van der Waals surface area contributed by atoms with E-state index in [0.29, 0.717) is 18.0 Å². The van der Waals surface area contributed by atoms with Crippen LogP contribution >= 0.6 is 0 Å². The van der Waals surface area contributed by atoms with E-state index in [0.717, 1.165) is 12.8 Å². The summed E-state index contributed by atoms with van der Waals surface area (Å²) < 4.78 is 5.58. The molecular weight excluding hydrogens is 268 g/mol. The number of ether oxygens (including phenoxy) is 1. The first-order chi connectivity index (χ1) is 10.2. The maximum absolute atomic E-state index is 12.3. The summed E-state index contributed by atoms with van der Waals surface area (Å²) in [5, 5.41) is 10.1. The fourth-order valence-corrected chi connectivity index (χ4v) is 2.26. The number of aromatic nitrogens is 2. The van der Waals surface area contributed by atoms with Gasteiger partial charge < -0.3 is 14.8 Å². The Morgan fingerprint density at radius 2 is 2.00 bits per heavy atom. The number of rotatable bonds is 6. The van der Waals surface area contributed by atoms with E-state index in [9.17, 15) is 9.90 Å². The molecule has 1 unspecified atom stereocenters. The zero-order chi connectivity index (χ0) is 15.2. The summed E-state index contributed by atoms with van der Waals surface area (Å²) in [6, 6.07) is 8.99. The Hall–Kier alpha value is -2.14. The minimum absolute atomic E-state index is 0.186. The molecule has 112 valence electrons. The van der Waals surface area contributed by atoms with Gasteiger partial charge in [-0.2, -0.15) is 4.98 Å². The molecule has 0 aliphatic carbocycles. The smallest absolute Gasteiger partial charge is 0.262 e. The van der Waals surface area contributed by atoms with Crippen LogP contribution in [0, 0.1) is 0 Å². The van der Waals surface area contributed by atoms with E-state index in [2.05, 4.69) is 9.97 Å². The highest BCUT2D eigenvalue weighted by Crippen LogP contribution is 2.26. The van der Waals surface area contributed by atoms with Crippen molar-refractivity contribution in [3.63, 3.8) is 0 Å². The van der Waals surface area contributed by atoms with Crippen molar-refractivity contribution in [3.05, 3.63) is 46.5 Å². The van der Waals surface area contributed by atoms with Crippen LogP contribution in [0.4, 0.5) is 0 Å². The zero-order valence-corrected chi connectivity index (χ0v) is 12.3. The van der Waals surface area contributed by atoms with Gasteiger partial charge in [-0.25, -0.2) is 0 Å². The lowest BCUT2D eigenvalue weighted by Gasteiger charge is -2.16. The van der Waals surface area contributed by atoms with Crippen LogP contribution in [0.1, 0.15) is 38.6 Å². The van der Waals surface area contributed by atoms with Crippen LogP contribution in [0.2, 0.25) is 0 Å². The average molecular weight is 288 g/mol. The molecule has 0 saturated carbocycles. The summed E-state index contributed by atoms with van der Waals surface area (Å²) in [5.74, 6) is 0.113. The number of H-pyrrole nitrogens is 1. The van der Waals surface area contributed by atoms with Crippen LogP contribution in [0.15, 0.2) is 35.1 Å². The van der Waals surface area contributed by atoms with Crippen LogP contribution < -0.4 is 5.56 Å². The standard InChI is InChI=1S/C16H20N2O3/c1-3-8-12(21-4-2)14-17-15(19)13(16(20)18-14)11-9-6-5-7-10-11/h5-7,9-10,12H,3-4,8H2,1-2H3,(H2,17,18,19,20). The van der Waals surface area contributed by atoms with Gasteiger partial charge >= 0.3 is 0 Å². The van der Waals surface area contributed by atoms with E-state index in [1.807, 2.05) is 32.0 Å².